The van der Waals surface area contributed by atoms with Gasteiger partial charge in [0, 0.05) is 71.5 Å². The standard InChI is InChI=1S/C27H24FN7O/c1-16(26(30)36)18-7-27(8-18)14-34(15-27)21-3-4-22(24(28)6-21)23-5-17(20-11-31-33(2)12-20)13-35-25(23)19(9-29)10-32-35/h3-6,10-13,18H,1,7-8,14-15H2,2H3,(H2,30,36). The molecule has 1 saturated heterocycles. The van der Waals surface area contributed by atoms with Crippen molar-refractivity contribution < 1.29 is 9.18 Å². The lowest BCUT2D eigenvalue weighted by Gasteiger charge is -2.60. The van der Waals surface area contributed by atoms with Gasteiger partial charge < -0.3 is 10.6 Å². The second kappa shape index (κ2) is 7.78. The highest BCUT2D eigenvalue weighted by Crippen LogP contribution is 2.55. The van der Waals surface area contributed by atoms with Gasteiger partial charge in [0.15, 0.2) is 0 Å². The molecule has 9 heteroatoms. The molecule has 0 unspecified atom stereocenters. The first kappa shape index (κ1) is 22.0. The number of carbonyl (C=O) groups is 1. The first-order valence-corrected chi connectivity index (χ1v) is 11.7. The van der Waals surface area contributed by atoms with Crippen LogP contribution in [0.5, 0.6) is 0 Å². The van der Waals surface area contributed by atoms with E-state index in [1.54, 1.807) is 27.5 Å². The Hall–Kier alpha value is -4.45. The van der Waals surface area contributed by atoms with Gasteiger partial charge in [0.1, 0.15) is 11.9 Å². The number of nitrogens with two attached hydrogens (primary N) is 1. The molecular weight excluding hydrogens is 457 g/mol. The summed E-state index contributed by atoms with van der Waals surface area (Å²) in [5.41, 5.74) is 10.5. The van der Waals surface area contributed by atoms with Gasteiger partial charge in [-0.1, -0.05) is 6.58 Å². The van der Waals surface area contributed by atoms with Crippen LogP contribution < -0.4 is 10.6 Å². The lowest BCUT2D eigenvalue weighted by atomic mass is 9.56. The van der Waals surface area contributed by atoms with Crippen molar-refractivity contribution >= 4 is 17.1 Å². The van der Waals surface area contributed by atoms with E-state index in [0.29, 0.717) is 27.8 Å². The molecule has 1 aromatic carbocycles. The predicted octanol–water partition coefficient (Wildman–Crippen LogP) is 3.67. The van der Waals surface area contributed by atoms with E-state index in [1.807, 2.05) is 31.6 Å². The number of anilines is 1. The molecule has 4 aromatic rings. The van der Waals surface area contributed by atoms with Crippen LogP contribution in [0.4, 0.5) is 10.1 Å². The SMILES string of the molecule is C=C(C(N)=O)C1CC2(C1)CN(c1ccc(-c3cc(-c4cnn(C)c4)cn4ncc(C#N)c34)c(F)c1)C2. The van der Waals surface area contributed by atoms with Gasteiger partial charge in [-0.25, -0.2) is 8.91 Å². The average molecular weight is 482 g/mol. The van der Waals surface area contributed by atoms with Crippen LogP contribution in [0, 0.1) is 28.5 Å². The van der Waals surface area contributed by atoms with Crippen LogP contribution in [-0.4, -0.2) is 38.4 Å². The van der Waals surface area contributed by atoms with E-state index in [1.165, 1.54) is 6.20 Å². The van der Waals surface area contributed by atoms with Crippen LogP contribution >= 0.6 is 0 Å². The topological polar surface area (TPSA) is 105 Å². The third-order valence-electron chi connectivity index (χ3n) is 7.60. The van der Waals surface area contributed by atoms with E-state index in [9.17, 15) is 10.1 Å². The number of nitriles is 1. The van der Waals surface area contributed by atoms with E-state index in [-0.39, 0.29) is 17.2 Å². The Balaban J connectivity index is 1.30. The van der Waals surface area contributed by atoms with Crippen molar-refractivity contribution in [3.63, 3.8) is 0 Å². The normalized spacial score (nSPS) is 16.5. The van der Waals surface area contributed by atoms with Crippen molar-refractivity contribution in [2.24, 2.45) is 24.1 Å². The highest BCUT2D eigenvalue weighted by atomic mass is 19.1. The van der Waals surface area contributed by atoms with Crippen molar-refractivity contribution in [2.45, 2.75) is 12.8 Å². The first-order valence-electron chi connectivity index (χ1n) is 11.7. The number of carbonyl (C=O) groups excluding carboxylic acids is 1. The molecule has 1 saturated carbocycles. The van der Waals surface area contributed by atoms with Gasteiger partial charge in [0.05, 0.1) is 23.5 Å². The second-order valence-electron chi connectivity index (χ2n) is 10.0. The first-order chi connectivity index (χ1) is 17.3. The average Bonchev–Trinajstić information content (AvgIpc) is 3.42. The third-order valence-corrected chi connectivity index (χ3v) is 7.60. The van der Waals surface area contributed by atoms with Crippen molar-refractivity contribution in [1.82, 2.24) is 19.4 Å². The number of pyridine rings is 1. The quantitative estimate of drug-likeness (QED) is 0.438. The predicted molar refractivity (Wildman–Crippen MR) is 133 cm³/mol. The number of aromatic nitrogens is 4. The summed E-state index contributed by atoms with van der Waals surface area (Å²) in [5, 5.41) is 18.2. The molecule has 0 radical (unpaired) electrons. The zero-order chi connectivity index (χ0) is 25.2. The summed E-state index contributed by atoms with van der Waals surface area (Å²) < 4.78 is 18.9. The fourth-order valence-corrected chi connectivity index (χ4v) is 5.69. The minimum atomic E-state index is -0.428. The molecule has 0 atom stereocenters. The molecule has 1 spiro atoms. The molecule has 2 N–H and O–H groups in total. The smallest absolute Gasteiger partial charge is 0.244 e. The van der Waals surface area contributed by atoms with Gasteiger partial charge in [-0.05, 0) is 43.0 Å². The molecule has 180 valence electrons. The Morgan fingerprint density at radius 2 is 1.94 bits per heavy atom. The zero-order valence-electron chi connectivity index (χ0n) is 19.8. The van der Waals surface area contributed by atoms with Gasteiger partial charge >= 0.3 is 0 Å². The number of amides is 1. The minimum absolute atomic E-state index is 0.154. The van der Waals surface area contributed by atoms with Gasteiger partial charge in [0.25, 0.3) is 0 Å². The fraction of sp³-hybridized carbons (Fsp3) is 0.259. The summed E-state index contributed by atoms with van der Waals surface area (Å²) in [6.45, 7) is 5.45. The molecule has 2 fully saturated rings. The highest BCUT2D eigenvalue weighted by molar-refractivity contribution is 5.92. The van der Waals surface area contributed by atoms with Crippen LogP contribution in [-0.2, 0) is 11.8 Å². The monoisotopic (exact) mass is 481 g/mol. The van der Waals surface area contributed by atoms with Crippen molar-refractivity contribution in [3.05, 3.63) is 72.6 Å². The molecule has 36 heavy (non-hydrogen) atoms. The Bertz CT molecular complexity index is 1590. The third kappa shape index (κ3) is 3.37. The number of halogens is 1. The van der Waals surface area contributed by atoms with Crippen LogP contribution in [0.25, 0.3) is 27.8 Å². The maximum atomic E-state index is 15.6. The van der Waals surface area contributed by atoms with Gasteiger partial charge in [-0.3, -0.25) is 9.48 Å². The highest BCUT2D eigenvalue weighted by Gasteiger charge is 2.53. The number of aryl methyl sites for hydroxylation is 1. The van der Waals surface area contributed by atoms with Crippen molar-refractivity contribution in [3.8, 4) is 28.3 Å². The summed E-state index contributed by atoms with van der Waals surface area (Å²) in [4.78, 5) is 13.5. The molecule has 4 heterocycles. The number of primary amides is 1. The van der Waals surface area contributed by atoms with Crippen molar-refractivity contribution in [2.75, 3.05) is 18.0 Å². The van der Waals surface area contributed by atoms with Gasteiger partial charge in [0.2, 0.25) is 5.91 Å². The Labute approximate surface area is 207 Å². The number of hydrogen-bond donors (Lipinski definition) is 1. The van der Waals surface area contributed by atoms with Gasteiger partial charge in [-0.15, -0.1) is 0 Å². The van der Waals surface area contributed by atoms with E-state index in [0.717, 1.165) is 42.7 Å². The molecule has 1 amide bonds. The number of hydrogen-bond acceptors (Lipinski definition) is 5. The van der Waals surface area contributed by atoms with E-state index < -0.39 is 5.91 Å². The Kier molecular flexibility index (Phi) is 4.76. The van der Waals surface area contributed by atoms with E-state index in [4.69, 9.17) is 5.73 Å². The lowest BCUT2D eigenvalue weighted by molar-refractivity contribution is -0.116. The summed E-state index contributed by atoms with van der Waals surface area (Å²) in [6.07, 6.45) is 8.72. The maximum absolute atomic E-state index is 15.6. The number of nitrogens with zero attached hydrogens (tertiary/aromatic N) is 6. The zero-order valence-corrected chi connectivity index (χ0v) is 19.8. The van der Waals surface area contributed by atoms with E-state index in [2.05, 4.69) is 27.7 Å². The number of fused-ring (bicyclic) bond motifs is 1. The molecule has 2 aliphatic rings. The fourth-order valence-electron chi connectivity index (χ4n) is 5.69. The number of rotatable bonds is 5. The van der Waals surface area contributed by atoms with Crippen LogP contribution in [0.3, 0.4) is 0 Å². The molecule has 6 rings (SSSR count). The number of benzene rings is 1. The van der Waals surface area contributed by atoms with Gasteiger partial charge in [-0.2, -0.15) is 15.5 Å². The summed E-state index contributed by atoms with van der Waals surface area (Å²) in [7, 11) is 1.83. The molecular formula is C27H24FN7O. The summed E-state index contributed by atoms with van der Waals surface area (Å²) >= 11 is 0. The molecule has 0 bridgehead atoms. The van der Waals surface area contributed by atoms with Crippen LogP contribution in [0.1, 0.15) is 18.4 Å². The molecule has 3 aromatic heterocycles. The largest absolute Gasteiger partial charge is 0.370 e. The van der Waals surface area contributed by atoms with Crippen molar-refractivity contribution in [1.29, 1.82) is 5.26 Å². The molecule has 1 aliphatic heterocycles. The van der Waals surface area contributed by atoms with Crippen LogP contribution in [0.2, 0.25) is 0 Å². The minimum Gasteiger partial charge on any atom is -0.370 e. The Morgan fingerprint density at radius 1 is 1.17 bits per heavy atom. The summed E-state index contributed by atoms with van der Waals surface area (Å²) in [5.74, 6) is -0.635. The molecule has 8 nitrogen and oxygen atoms in total. The lowest BCUT2D eigenvalue weighted by Crippen LogP contribution is -2.63. The Morgan fingerprint density at radius 3 is 2.58 bits per heavy atom. The summed E-state index contributed by atoms with van der Waals surface area (Å²) in [6, 6.07) is 9.28. The van der Waals surface area contributed by atoms with Crippen LogP contribution in [0.15, 0.2) is 61.2 Å². The van der Waals surface area contributed by atoms with E-state index >= 15 is 4.39 Å². The molecule has 1 aliphatic carbocycles. The maximum Gasteiger partial charge on any atom is 0.244 e. The second-order valence-corrected chi connectivity index (χ2v) is 10.0.